The van der Waals surface area contributed by atoms with Crippen molar-refractivity contribution < 1.29 is 9.90 Å². The van der Waals surface area contributed by atoms with Gasteiger partial charge in [-0.2, -0.15) is 0 Å². The predicted molar refractivity (Wildman–Crippen MR) is 43.2 cm³/mol. The van der Waals surface area contributed by atoms with Crippen molar-refractivity contribution in [3.8, 4) is 0 Å². The van der Waals surface area contributed by atoms with E-state index < -0.39 is 5.97 Å². The number of carboxylic acid groups (broad SMARTS) is 1. The molecule has 3 unspecified atom stereocenters. The van der Waals surface area contributed by atoms with Crippen molar-refractivity contribution in [3.05, 3.63) is 12.7 Å². The molecule has 0 spiro atoms. The molecule has 0 aromatic heterocycles. The third-order valence-corrected chi connectivity index (χ3v) is 2.74. The molecule has 11 heavy (non-hydrogen) atoms. The number of aliphatic carboxylic acids is 1. The van der Waals surface area contributed by atoms with Crippen molar-refractivity contribution in [3.63, 3.8) is 0 Å². The Morgan fingerprint density at radius 2 is 2.27 bits per heavy atom. The normalized spacial score (nSPS) is 37.0. The zero-order valence-corrected chi connectivity index (χ0v) is 6.79. The molecule has 1 saturated carbocycles. The smallest absolute Gasteiger partial charge is 0.306 e. The summed E-state index contributed by atoms with van der Waals surface area (Å²) in [7, 11) is 0. The van der Waals surface area contributed by atoms with Crippen LogP contribution in [0.25, 0.3) is 0 Å². The van der Waals surface area contributed by atoms with E-state index in [9.17, 15) is 4.79 Å². The molecule has 62 valence electrons. The second-order valence-electron chi connectivity index (χ2n) is 3.28. The first kappa shape index (κ1) is 8.31. The molecule has 1 N–H and O–H groups in total. The topological polar surface area (TPSA) is 37.3 Å². The van der Waals surface area contributed by atoms with Crippen LogP contribution in [0.3, 0.4) is 0 Å². The Morgan fingerprint density at radius 1 is 1.64 bits per heavy atom. The maximum atomic E-state index is 10.6. The van der Waals surface area contributed by atoms with Crippen LogP contribution in [0.2, 0.25) is 0 Å². The van der Waals surface area contributed by atoms with Crippen LogP contribution in [0.5, 0.6) is 0 Å². The van der Waals surface area contributed by atoms with Gasteiger partial charge in [0.2, 0.25) is 0 Å². The highest BCUT2D eigenvalue weighted by atomic mass is 16.4. The van der Waals surface area contributed by atoms with Gasteiger partial charge in [0.15, 0.2) is 0 Å². The number of carboxylic acids is 1. The first-order chi connectivity index (χ1) is 5.16. The van der Waals surface area contributed by atoms with Gasteiger partial charge in [0.05, 0.1) is 5.92 Å². The van der Waals surface area contributed by atoms with Crippen molar-refractivity contribution in [2.45, 2.75) is 19.8 Å². The third-order valence-electron chi connectivity index (χ3n) is 2.74. The summed E-state index contributed by atoms with van der Waals surface area (Å²) in [6.45, 7) is 5.69. The summed E-state index contributed by atoms with van der Waals surface area (Å²) in [5, 5.41) is 8.76. The molecule has 1 fully saturated rings. The second-order valence-corrected chi connectivity index (χ2v) is 3.28. The number of carbonyl (C=O) groups is 1. The van der Waals surface area contributed by atoms with Crippen LogP contribution in [-0.2, 0) is 4.79 Å². The van der Waals surface area contributed by atoms with Crippen molar-refractivity contribution in [2.24, 2.45) is 17.8 Å². The van der Waals surface area contributed by atoms with Gasteiger partial charge >= 0.3 is 5.97 Å². The Hall–Kier alpha value is -0.790. The average Bonchev–Trinajstić information content (AvgIpc) is 2.30. The summed E-state index contributed by atoms with van der Waals surface area (Å²) in [5.41, 5.74) is 0. The number of rotatable bonds is 2. The highest BCUT2D eigenvalue weighted by Gasteiger charge is 2.35. The molecule has 0 heterocycles. The fourth-order valence-electron chi connectivity index (χ4n) is 1.88. The van der Waals surface area contributed by atoms with E-state index in [4.69, 9.17) is 5.11 Å². The van der Waals surface area contributed by atoms with Gasteiger partial charge < -0.3 is 5.11 Å². The molecule has 0 aromatic carbocycles. The zero-order valence-electron chi connectivity index (χ0n) is 6.79. The Kier molecular flexibility index (Phi) is 2.32. The standard InChI is InChI=1S/C9H14O2/c1-3-7-4-5-8(6(7)2)9(10)11/h3,6-8H,1,4-5H2,2H3,(H,10,11). The minimum absolute atomic E-state index is 0.141. The highest BCUT2D eigenvalue weighted by molar-refractivity contribution is 5.70. The lowest BCUT2D eigenvalue weighted by molar-refractivity contribution is -0.142. The molecule has 3 atom stereocenters. The van der Waals surface area contributed by atoms with E-state index in [1.165, 1.54) is 0 Å². The molecule has 0 bridgehead atoms. The summed E-state index contributed by atoms with van der Waals surface area (Å²) < 4.78 is 0. The molecule has 0 amide bonds. The SMILES string of the molecule is C=CC1CCC(C(=O)O)C1C. The number of hydrogen-bond acceptors (Lipinski definition) is 1. The molecule has 2 heteroatoms. The van der Waals surface area contributed by atoms with Crippen LogP contribution in [0.1, 0.15) is 19.8 Å². The minimum atomic E-state index is -0.651. The quantitative estimate of drug-likeness (QED) is 0.617. The molecule has 0 radical (unpaired) electrons. The summed E-state index contributed by atoms with van der Waals surface area (Å²) >= 11 is 0. The number of allylic oxidation sites excluding steroid dienone is 1. The lowest BCUT2D eigenvalue weighted by atomic mass is 9.92. The second kappa shape index (κ2) is 3.07. The summed E-state index contributed by atoms with van der Waals surface area (Å²) in [6.07, 6.45) is 3.68. The minimum Gasteiger partial charge on any atom is -0.481 e. The van der Waals surface area contributed by atoms with E-state index in [1.54, 1.807) is 0 Å². The van der Waals surface area contributed by atoms with Crippen LogP contribution < -0.4 is 0 Å². The fourth-order valence-corrected chi connectivity index (χ4v) is 1.88. The molecule has 1 rings (SSSR count). The Morgan fingerprint density at radius 3 is 2.55 bits per heavy atom. The van der Waals surface area contributed by atoms with Crippen molar-refractivity contribution in [1.29, 1.82) is 0 Å². The van der Waals surface area contributed by atoms with Crippen LogP contribution in [-0.4, -0.2) is 11.1 Å². The van der Waals surface area contributed by atoms with Crippen molar-refractivity contribution >= 4 is 5.97 Å². The van der Waals surface area contributed by atoms with E-state index in [0.717, 1.165) is 12.8 Å². The first-order valence-corrected chi connectivity index (χ1v) is 4.02. The Bertz CT molecular complexity index is 174. The van der Waals surface area contributed by atoms with Gasteiger partial charge in [-0.15, -0.1) is 6.58 Å². The van der Waals surface area contributed by atoms with Gasteiger partial charge in [-0.3, -0.25) is 4.79 Å². The molecule has 1 aliphatic rings. The predicted octanol–water partition coefficient (Wildman–Crippen LogP) is 1.92. The largest absolute Gasteiger partial charge is 0.481 e. The van der Waals surface area contributed by atoms with Crippen molar-refractivity contribution in [1.82, 2.24) is 0 Å². The molecular weight excluding hydrogens is 140 g/mol. The van der Waals surface area contributed by atoms with Crippen molar-refractivity contribution in [2.75, 3.05) is 0 Å². The summed E-state index contributed by atoms with van der Waals surface area (Å²) in [5.74, 6) is -0.110. The maximum absolute atomic E-state index is 10.6. The Labute approximate surface area is 66.9 Å². The molecular formula is C9H14O2. The zero-order chi connectivity index (χ0) is 8.43. The van der Waals surface area contributed by atoms with Gasteiger partial charge in [-0.25, -0.2) is 0 Å². The van der Waals surface area contributed by atoms with Gasteiger partial charge in [-0.05, 0) is 24.7 Å². The average molecular weight is 154 g/mol. The van der Waals surface area contributed by atoms with Crippen LogP contribution in [0.15, 0.2) is 12.7 Å². The summed E-state index contributed by atoms with van der Waals surface area (Å²) in [4.78, 5) is 10.6. The first-order valence-electron chi connectivity index (χ1n) is 4.02. The monoisotopic (exact) mass is 154 g/mol. The molecule has 0 aliphatic heterocycles. The van der Waals surface area contributed by atoms with Gasteiger partial charge in [0.1, 0.15) is 0 Å². The lowest BCUT2D eigenvalue weighted by Gasteiger charge is -2.13. The number of hydrogen-bond donors (Lipinski definition) is 1. The van der Waals surface area contributed by atoms with E-state index in [1.807, 2.05) is 13.0 Å². The molecule has 2 nitrogen and oxygen atoms in total. The maximum Gasteiger partial charge on any atom is 0.306 e. The van der Waals surface area contributed by atoms with E-state index in [2.05, 4.69) is 6.58 Å². The van der Waals surface area contributed by atoms with Crippen LogP contribution in [0.4, 0.5) is 0 Å². The molecule has 1 aliphatic carbocycles. The van der Waals surface area contributed by atoms with E-state index in [0.29, 0.717) is 5.92 Å². The van der Waals surface area contributed by atoms with Crippen LogP contribution >= 0.6 is 0 Å². The highest BCUT2D eigenvalue weighted by Crippen LogP contribution is 2.37. The molecule has 0 saturated heterocycles. The third kappa shape index (κ3) is 1.44. The lowest BCUT2D eigenvalue weighted by Crippen LogP contribution is -2.18. The van der Waals surface area contributed by atoms with Crippen LogP contribution in [0, 0.1) is 17.8 Å². The van der Waals surface area contributed by atoms with E-state index in [-0.39, 0.29) is 11.8 Å². The van der Waals surface area contributed by atoms with Gasteiger partial charge in [0.25, 0.3) is 0 Å². The van der Waals surface area contributed by atoms with Gasteiger partial charge in [0, 0.05) is 0 Å². The Balaban J connectivity index is 2.62. The van der Waals surface area contributed by atoms with E-state index >= 15 is 0 Å². The van der Waals surface area contributed by atoms with Gasteiger partial charge in [-0.1, -0.05) is 13.0 Å². The molecule has 0 aromatic rings. The fraction of sp³-hybridized carbons (Fsp3) is 0.667. The summed E-state index contributed by atoms with van der Waals surface area (Å²) in [6, 6.07) is 0.